The zero-order valence-electron chi connectivity index (χ0n) is 44.9. The standard InChI is InChI=1S/C56H83NO17/c1-32-14-11-10-12-15-33(2)44(68-7)30-39-19-17-37(6)56(67,74-39)53(64)54(65)57-23-13-16-40-41(28-38-18-20-43(71-25-24-58)46(29-38)69-8)45(72-55(66)49(40)57)31-42(59)34(3)27-36(5)51(73-48(62)22-21-47(60)61)52(70-9)50(63)35(4)26-32/h10-12,14-15,27,32,34-35,37-41,43-46,49,51-52,58,67H,13,16-26,28-31H2,1-9H3,(H,60,61)/b12-10+,14-11+,33-15+,36-27+/t32-,34-,35-,37-,38+,39+,40?,41+,43-,44+,45+,46-,49+,51-,52+,56-/m1/s1. The fourth-order valence-corrected chi connectivity index (χ4v) is 11.8. The predicted octanol–water partition coefficient (Wildman–Crippen LogP) is 5.83. The summed E-state index contributed by atoms with van der Waals surface area (Å²) in [5.41, 5.74) is 1.16. The summed E-state index contributed by atoms with van der Waals surface area (Å²) in [6.45, 7) is 10.6. The summed E-state index contributed by atoms with van der Waals surface area (Å²) in [6.07, 6.45) is 9.42. The first kappa shape index (κ1) is 60.4. The minimum absolute atomic E-state index is 0.0145. The number of fused-ring (bicyclic) bond motifs is 3. The summed E-state index contributed by atoms with van der Waals surface area (Å²) in [4.78, 5) is 98.1. The second-order valence-corrected chi connectivity index (χ2v) is 21.4. The van der Waals surface area contributed by atoms with Gasteiger partial charge in [0.25, 0.3) is 11.7 Å². The Kier molecular flexibility index (Phi) is 22.9. The molecule has 5 aliphatic rings. The number of carboxylic acids is 1. The normalized spacial score (nSPS) is 38.8. The number of esters is 2. The van der Waals surface area contributed by atoms with Crippen LogP contribution in [-0.4, -0.2) is 157 Å². The van der Waals surface area contributed by atoms with Crippen molar-refractivity contribution >= 4 is 41.2 Å². The third-order valence-electron chi connectivity index (χ3n) is 16.1. The molecule has 74 heavy (non-hydrogen) atoms. The molecule has 5 rings (SSSR count). The molecule has 3 saturated heterocycles. The molecule has 16 atom stereocenters. The van der Waals surface area contributed by atoms with Crippen LogP contribution in [0.25, 0.3) is 0 Å². The van der Waals surface area contributed by atoms with E-state index >= 15 is 0 Å². The van der Waals surface area contributed by atoms with Crippen LogP contribution in [-0.2, 0) is 66.7 Å². The zero-order chi connectivity index (χ0) is 54.4. The molecule has 1 unspecified atom stereocenters. The van der Waals surface area contributed by atoms with Gasteiger partial charge in [-0.1, -0.05) is 64.2 Å². The number of carboxylic acid groups (broad SMARTS) is 1. The highest BCUT2D eigenvalue weighted by atomic mass is 16.6. The Balaban J connectivity index is 1.56. The molecule has 6 bridgehead atoms. The molecule has 1 aliphatic carbocycles. The van der Waals surface area contributed by atoms with E-state index in [1.165, 1.54) is 12.0 Å². The Morgan fingerprint density at radius 3 is 2.26 bits per heavy atom. The van der Waals surface area contributed by atoms with Crippen LogP contribution in [0.5, 0.6) is 0 Å². The van der Waals surface area contributed by atoms with Crippen molar-refractivity contribution in [2.24, 2.45) is 41.4 Å². The maximum absolute atomic E-state index is 14.6. The topological polar surface area (TPSA) is 248 Å². The molecule has 4 aliphatic heterocycles. The molecular formula is C56H83NO17. The van der Waals surface area contributed by atoms with Gasteiger partial charge in [0.1, 0.15) is 17.9 Å². The highest BCUT2D eigenvalue weighted by Crippen LogP contribution is 2.45. The van der Waals surface area contributed by atoms with Gasteiger partial charge in [-0.05, 0) is 101 Å². The maximum atomic E-state index is 14.6. The molecule has 0 spiro atoms. The van der Waals surface area contributed by atoms with Gasteiger partial charge in [0.05, 0.1) is 50.5 Å². The summed E-state index contributed by atoms with van der Waals surface area (Å²) in [5, 5.41) is 30.9. The quantitative estimate of drug-likeness (QED) is 0.118. The van der Waals surface area contributed by atoms with Gasteiger partial charge >= 0.3 is 17.9 Å². The molecule has 3 N–H and O–H groups in total. The molecule has 18 nitrogen and oxygen atoms in total. The van der Waals surface area contributed by atoms with Gasteiger partial charge < -0.3 is 53.4 Å². The van der Waals surface area contributed by atoms with Crippen molar-refractivity contribution in [3.63, 3.8) is 0 Å². The van der Waals surface area contributed by atoms with Crippen molar-refractivity contribution in [3.05, 3.63) is 47.6 Å². The van der Waals surface area contributed by atoms with E-state index in [9.17, 15) is 48.9 Å². The molecular weight excluding hydrogens is 959 g/mol. The van der Waals surface area contributed by atoms with Crippen LogP contribution in [0.2, 0.25) is 0 Å². The Morgan fingerprint density at radius 2 is 1.58 bits per heavy atom. The van der Waals surface area contributed by atoms with Gasteiger partial charge in [0, 0.05) is 64.4 Å². The van der Waals surface area contributed by atoms with Gasteiger partial charge in [0.15, 0.2) is 18.0 Å². The second-order valence-electron chi connectivity index (χ2n) is 21.4. The zero-order valence-corrected chi connectivity index (χ0v) is 44.9. The minimum atomic E-state index is -2.48. The number of allylic oxidation sites excluding steroid dienone is 6. The minimum Gasteiger partial charge on any atom is -0.481 e. The number of ketones is 3. The van der Waals surface area contributed by atoms with Crippen LogP contribution in [0.4, 0.5) is 0 Å². The third kappa shape index (κ3) is 15.4. The molecule has 4 heterocycles. The number of carbonyl (C=O) groups excluding carboxylic acids is 6. The van der Waals surface area contributed by atoms with Crippen LogP contribution in [0, 0.1) is 41.4 Å². The Labute approximate surface area is 436 Å². The first-order valence-electron chi connectivity index (χ1n) is 26.6. The lowest BCUT2D eigenvalue weighted by molar-refractivity contribution is -0.266. The molecule has 0 aromatic carbocycles. The largest absolute Gasteiger partial charge is 0.481 e. The van der Waals surface area contributed by atoms with E-state index < -0.39 is 114 Å². The summed E-state index contributed by atoms with van der Waals surface area (Å²) >= 11 is 0. The van der Waals surface area contributed by atoms with Crippen molar-refractivity contribution in [1.29, 1.82) is 0 Å². The van der Waals surface area contributed by atoms with Crippen molar-refractivity contribution in [2.75, 3.05) is 41.1 Å². The second kappa shape index (κ2) is 28.1. The molecule has 18 heteroatoms. The number of rotatable bonds is 12. The predicted molar refractivity (Wildman–Crippen MR) is 270 cm³/mol. The summed E-state index contributed by atoms with van der Waals surface area (Å²) in [7, 11) is 4.48. The van der Waals surface area contributed by atoms with Crippen LogP contribution in [0.3, 0.4) is 0 Å². The summed E-state index contributed by atoms with van der Waals surface area (Å²) in [6, 6.07) is -1.19. The lowest BCUT2D eigenvalue weighted by Gasteiger charge is -2.50. The van der Waals surface area contributed by atoms with E-state index in [4.69, 9.17) is 33.2 Å². The highest BCUT2D eigenvalue weighted by Gasteiger charge is 2.57. The van der Waals surface area contributed by atoms with Crippen LogP contribution in [0.15, 0.2) is 47.6 Å². The summed E-state index contributed by atoms with van der Waals surface area (Å²) < 4.78 is 41.7. The molecule has 1 amide bonds. The number of Topliss-reactive ketones (excluding diaryl/α,β-unsaturated/α-hetero) is 3. The van der Waals surface area contributed by atoms with E-state index in [1.54, 1.807) is 48.0 Å². The number of methoxy groups -OCH3 is 3. The Bertz CT molecular complexity index is 2100. The SMILES string of the molecule is CO[C@H]1C[C@@H]2CC[C@@H](C)[C@@](O)(O2)C(=O)C(=O)N2CCCC3[C@H]2C(=O)O[C@@H](CC(=O)[C@H](C)/C=C(\C)[C@@H](OC(=O)CCC(=O)O)[C@@H](OC)C(=O)[C@H](C)C[C@H](C)/C=C/C=C/C=C/1C)[C@H]3C[C@@H]1CC[C@@H](OCCO)[C@H](OC)C1. The maximum Gasteiger partial charge on any atom is 0.329 e. The van der Waals surface area contributed by atoms with Crippen molar-refractivity contribution < 1.29 is 82.0 Å². The molecule has 0 radical (unpaired) electrons. The number of nitrogens with zero attached hydrogens (tertiary/aromatic N) is 1. The molecule has 4 fully saturated rings. The lowest BCUT2D eigenvalue weighted by Crippen LogP contribution is -2.65. The number of amides is 1. The highest BCUT2D eigenvalue weighted by molar-refractivity contribution is 6.39. The smallest absolute Gasteiger partial charge is 0.329 e. The van der Waals surface area contributed by atoms with E-state index in [2.05, 4.69) is 0 Å². The van der Waals surface area contributed by atoms with Crippen molar-refractivity contribution in [1.82, 2.24) is 4.90 Å². The molecule has 1 saturated carbocycles. The van der Waals surface area contributed by atoms with Gasteiger partial charge in [0.2, 0.25) is 5.79 Å². The van der Waals surface area contributed by atoms with Crippen LogP contribution in [0.1, 0.15) is 125 Å². The number of hydrogen-bond acceptors (Lipinski definition) is 16. The van der Waals surface area contributed by atoms with E-state index in [0.717, 1.165) is 5.57 Å². The van der Waals surface area contributed by atoms with Crippen LogP contribution < -0.4 is 0 Å². The average Bonchev–Trinajstić information content (AvgIpc) is 3.37. The van der Waals surface area contributed by atoms with Crippen molar-refractivity contribution in [3.8, 4) is 0 Å². The van der Waals surface area contributed by atoms with Gasteiger partial charge in [-0.2, -0.15) is 0 Å². The fraction of sp³-hybridized carbons (Fsp3) is 0.732. The number of aliphatic hydroxyl groups excluding tert-OH is 1. The number of aliphatic hydroxyl groups is 2. The molecule has 0 aromatic heterocycles. The number of ether oxygens (including phenoxy) is 7. The lowest BCUT2D eigenvalue weighted by atomic mass is 9.68. The summed E-state index contributed by atoms with van der Waals surface area (Å²) in [5.74, 6) is -11.5. The van der Waals surface area contributed by atoms with Crippen molar-refractivity contribution in [2.45, 2.75) is 180 Å². The number of hydrogen-bond donors (Lipinski definition) is 3. The van der Waals surface area contributed by atoms with Crippen LogP contribution >= 0.6 is 0 Å². The van der Waals surface area contributed by atoms with Gasteiger partial charge in [-0.25, -0.2) is 4.79 Å². The van der Waals surface area contributed by atoms with E-state index in [1.807, 2.05) is 44.2 Å². The molecule has 414 valence electrons. The Morgan fingerprint density at radius 1 is 0.838 bits per heavy atom. The van der Waals surface area contributed by atoms with E-state index in [0.29, 0.717) is 63.4 Å². The average molecular weight is 1040 g/mol. The number of carbonyl (C=O) groups is 7. The van der Waals surface area contributed by atoms with Gasteiger partial charge in [-0.15, -0.1) is 0 Å². The fourth-order valence-electron chi connectivity index (χ4n) is 11.8. The molecule has 0 aromatic rings. The monoisotopic (exact) mass is 1040 g/mol. The van der Waals surface area contributed by atoms with E-state index in [-0.39, 0.29) is 68.2 Å². The third-order valence-corrected chi connectivity index (χ3v) is 16.1. The number of piperidine rings is 1. The first-order chi connectivity index (χ1) is 35.2. The first-order valence-corrected chi connectivity index (χ1v) is 26.6. The van der Waals surface area contributed by atoms with Gasteiger partial charge in [-0.3, -0.25) is 28.8 Å². The Hall–Kier alpha value is -4.43. The number of aliphatic carboxylic acids is 1.